The van der Waals surface area contributed by atoms with Crippen LogP contribution >= 0.6 is 11.3 Å². The predicted molar refractivity (Wildman–Crippen MR) is 146 cm³/mol. The van der Waals surface area contributed by atoms with Crippen LogP contribution in [0.25, 0.3) is 6.08 Å². The molecule has 10 heteroatoms. The van der Waals surface area contributed by atoms with Gasteiger partial charge < -0.3 is 14.2 Å². The van der Waals surface area contributed by atoms with Gasteiger partial charge in [0.25, 0.3) is 5.56 Å². The molecule has 0 radical (unpaired) electrons. The van der Waals surface area contributed by atoms with Crippen LogP contribution in [0.1, 0.15) is 29.7 Å². The Morgan fingerprint density at radius 1 is 1.05 bits per heavy atom. The number of hydrogen-bond acceptors (Lipinski definition) is 7. The van der Waals surface area contributed by atoms with Gasteiger partial charge in [0.15, 0.2) is 16.4 Å². The quantitative estimate of drug-likeness (QED) is 0.315. The van der Waals surface area contributed by atoms with Gasteiger partial charge in [-0.2, -0.15) is 0 Å². The Bertz CT molecular complexity index is 1810. The summed E-state index contributed by atoms with van der Waals surface area (Å²) in [5.74, 6) is -1.66. The molecule has 0 saturated carbocycles. The van der Waals surface area contributed by atoms with E-state index < -0.39 is 23.6 Å². The molecule has 204 valence electrons. The van der Waals surface area contributed by atoms with Crippen LogP contribution in [0.2, 0.25) is 0 Å². The molecular weight excluding hydrogens is 538 g/mol. The Morgan fingerprint density at radius 3 is 2.50 bits per heavy atom. The number of methoxy groups -OCH3 is 2. The molecule has 0 amide bonds. The molecule has 0 aliphatic carbocycles. The number of thiazole rings is 1. The number of halogens is 2. The Balaban J connectivity index is 1.56. The Labute approximate surface area is 231 Å². The molecule has 0 saturated heterocycles. The van der Waals surface area contributed by atoms with Crippen molar-refractivity contribution in [1.82, 2.24) is 4.57 Å². The number of rotatable bonds is 7. The Kier molecular flexibility index (Phi) is 7.61. The lowest BCUT2D eigenvalue weighted by Gasteiger charge is -2.24. The number of carbonyl (C=O) groups excluding carboxylic acids is 1. The van der Waals surface area contributed by atoms with Gasteiger partial charge in [-0.25, -0.2) is 18.6 Å². The molecule has 0 spiro atoms. The van der Waals surface area contributed by atoms with Crippen LogP contribution in [0.3, 0.4) is 0 Å². The van der Waals surface area contributed by atoms with E-state index in [-0.39, 0.29) is 17.9 Å². The molecule has 0 N–H and O–H groups in total. The fourth-order valence-corrected chi connectivity index (χ4v) is 5.59. The van der Waals surface area contributed by atoms with Crippen LogP contribution in [0, 0.1) is 11.6 Å². The number of fused-ring (bicyclic) bond motifs is 1. The van der Waals surface area contributed by atoms with Gasteiger partial charge in [-0.3, -0.25) is 9.36 Å². The van der Waals surface area contributed by atoms with Crippen LogP contribution in [-0.4, -0.2) is 24.8 Å². The van der Waals surface area contributed by atoms with Crippen molar-refractivity contribution in [2.75, 3.05) is 14.2 Å². The number of ether oxygens (including phenoxy) is 3. The summed E-state index contributed by atoms with van der Waals surface area (Å²) >= 11 is 1.20. The third kappa shape index (κ3) is 5.17. The molecule has 2 heterocycles. The summed E-state index contributed by atoms with van der Waals surface area (Å²) in [6.07, 6.45) is 1.71. The first-order valence-electron chi connectivity index (χ1n) is 12.2. The summed E-state index contributed by atoms with van der Waals surface area (Å²) in [4.78, 5) is 31.5. The molecule has 3 aromatic carbocycles. The molecule has 0 unspecified atom stereocenters. The first kappa shape index (κ1) is 27.0. The van der Waals surface area contributed by atoms with E-state index in [1.807, 2.05) is 30.3 Å². The number of allylic oxidation sites excluding steroid dienone is 1. The molecule has 7 nitrogen and oxygen atoms in total. The van der Waals surface area contributed by atoms with Gasteiger partial charge in [-0.15, -0.1) is 0 Å². The van der Waals surface area contributed by atoms with E-state index in [2.05, 4.69) is 4.99 Å². The largest absolute Gasteiger partial charge is 0.496 e. The van der Waals surface area contributed by atoms with Crippen LogP contribution in [0.4, 0.5) is 8.78 Å². The molecule has 40 heavy (non-hydrogen) atoms. The zero-order valence-corrected chi connectivity index (χ0v) is 22.6. The topological polar surface area (TPSA) is 79.1 Å². The lowest BCUT2D eigenvalue weighted by Crippen LogP contribution is -2.39. The van der Waals surface area contributed by atoms with Crippen LogP contribution < -0.4 is 24.4 Å². The zero-order valence-electron chi connectivity index (χ0n) is 21.8. The molecule has 4 aromatic rings. The lowest BCUT2D eigenvalue weighted by atomic mass is 9.96. The Hall–Kier alpha value is -4.57. The third-order valence-corrected chi connectivity index (χ3v) is 7.40. The first-order chi connectivity index (χ1) is 19.3. The molecule has 1 aliphatic rings. The number of carbonyl (C=O) groups is 1. The highest BCUT2D eigenvalue weighted by Crippen LogP contribution is 2.30. The average molecular weight is 563 g/mol. The minimum Gasteiger partial charge on any atom is -0.496 e. The molecule has 0 bridgehead atoms. The van der Waals surface area contributed by atoms with E-state index in [1.54, 1.807) is 31.2 Å². The van der Waals surface area contributed by atoms with E-state index in [9.17, 15) is 18.4 Å². The van der Waals surface area contributed by atoms with Crippen molar-refractivity contribution in [1.29, 1.82) is 0 Å². The fraction of sp³-hybridized carbons (Fsp3) is 0.167. The summed E-state index contributed by atoms with van der Waals surface area (Å²) < 4.78 is 45.3. The van der Waals surface area contributed by atoms with E-state index in [1.165, 1.54) is 36.2 Å². The van der Waals surface area contributed by atoms with Gasteiger partial charge in [-0.05, 0) is 48.4 Å². The normalized spacial score (nSPS) is 14.9. The number of hydrogen-bond donors (Lipinski definition) is 0. The molecule has 1 aromatic heterocycles. The van der Waals surface area contributed by atoms with E-state index in [0.717, 1.165) is 17.7 Å². The van der Waals surface area contributed by atoms with E-state index in [0.29, 0.717) is 37.5 Å². The lowest BCUT2D eigenvalue weighted by molar-refractivity contribution is -0.136. The van der Waals surface area contributed by atoms with E-state index >= 15 is 0 Å². The number of esters is 1. The smallest absolute Gasteiger partial charge is 0.338 e. The van der Waals surface area contributed by atoms with Crippen molar-refractivity contribution in [2.45, 2.75) is 19.6 Å². The number of benzene rings is 3. The molecule has 0 fully saturated rings. The molecule has 1 atom stereocenters. The van der Waals surface area contributed by atoms with Crippen LogP contribution in [-0.2, 0) is 16.1 Å². The number of nitrogens with zero attached hydrogens (tertiary/aromatic N) is 2. The van der Waals surface area contributed by atoms with Gasteiger partial charge in [0.1, 0.15) is 18.2 Å². The predicted octanol–water partition coefficient (Wildman–Crippen LogP) is 4.27. The van der Waals surface area contributed by atoms with Crippen LogP contribution in [0.5, 0.6) is 11.5 Å². The average Bonchev–Trinajstić information content (AvgIpc) is 3.25. The summed E-state index contributed by atoms with van der Waals surface area (Å²) in [6.45, 7) is 1.67. The van der Waals surface area contributed by atoms with Crippen molar-refractivity contribution in [3.8, 4) is 11.5 Å². The van der Waals surface area contributed by atoms with Crippen molar-refractivity contribution in [3.05, 3.63) is 126 Å². The highest BCUT2D eigenvalue weighted by Gasteiger charge is 2.32. The van der Waals surface area contributed by atoms with Crippen molar-refractivity contribution < 1.29 is 27.8 Å². The zero-order chi connectivity index (χ0) is 28.4. The standard InChI is InChI=1S/C30H24F2N2O5S/c1-17-26(29(36)38-3)27(19-7-5-4-6-8-19)34-28(35)25(40-30(34)33-17)14-18-9-11-23(37-2)20(13-18)16-39-24-12-10-21(31)15-22(24)32/h4-15,27H,16H2,1-3H3/b25-14-/t27-/m0/s1. The summed E-state index contributed by atoms with van der Waals surface area (Å²) in [5, 5.41) is 0. The van der Waals surface area contributed by atoms with Crippen LogP contribution in [0.15, 0.2) is 87.8 Å². The van der Waals surface area contributed by atoms with Crippen molar-refractivity contribution in [3.63, 3.8) is 0 Å². The van der Waals surface area contributed by atoms with Crippen molar-refractivity contribution >= 4 is 23.4 Å². The minimum absolute atomic E-state index is 0.0512. The molecule has 5 rings (SSSR count). The fourth-order valence-electron chi connectivity index (χ4n) is 4.54. The third-order valence-electron chi connectivity index (χ3n) is 6.42. The molecule has 1 aliphatic heterocycles. The number of aromatic nitrogens is 1. The second-order valence-electron chi connectivity index (χ2n) is 8.92. The second kappa shape index (κ2) is 11.3. The van der Waals surface area contributed by atoms with Gasteiger partial charge in [0.05, 0.1) is 36.1 Å². The minimum atomic E-state index is -0.814. The first-order valence-corrected chi connectivity index (χ1v) is 13.0. The highest BCUT2D eigenvalue weighted by molar-refractivity contribution is 7.07. The summed E-state index contributed by atoms with van der Waals surface area (Å²) in [7, 11) is 2.80. The molecular formula is C30H24F2N2O5S. The second-order valence-corrected chi connectivity index (χ2v) is 9.93. The monoisotopic (exact) mass is 562 g/mol. The van der Waals surface area contributed by atoms with Crippen molar-refractivity contribution in [2.24, 2.45) is 4.99 Å². The maximum absolute atomic E-state index is 14.1. The maximum atomic E-state index is 14.1. The maximum Gasteiger partial charge on any atom is 0.338 e. The van der Waals surface area contributed by atoms with Gasteiger partial charge >= 0.3 is 5.97 Å². The highest BCUT2D eigenvalue weighted by atomic mass is 32.1. The van der Waals surface area contributed by atoms with Gasteiger partial charge in [0.2, 0.25) is 0 Å². The van der Waals surface area contributed by atoms with Gasteiger partial charge in [0, 0.05) is 11.6 Å². The summed E-state index contributed by atoms with van der Waals surface area (Å²) in [6, 6.07) is 16.9. The summed E-state index contributed by atoms with van der Waals surface area (Å²) in [5.41, 5.74) is 2.48. The van der Waals surface area contributed by atoms with E-state index in [4.69, 9.17) is 14.2 Å². The van der Waals surface area contributed by atoms with Gasteiger partial charge in [-0.1, -0.05) is 47.7 Å². The SMILES string of the molecule is COC(=O)C1=C(C)N=c2s/c(=C\c3ccc(OC)c(COc4ccc(F)cc4F)c3)c(=O)n2[C@H]1c1ccccc1. The Morgan fingerprint density at radius 2 is 1.80 bits per heavy atom.